The minimum atomic E-state index is 0. The molecule has 0 atom stereocenters. The molecular weight excluding hydrogens is 464 g/mol. The fourth-order valence-electron chi connectivity index (χ4n) is 2.01. The van der Waals surface area contributed by atoms with Crippen LogP contribution in [0.15, 0.2) is 29.4 Å². The van der Waals surface area contributed by atoms with E-state index in [4.69, 9.17) is 27.9 Å². The molecule has 0 spiro atoms. The van der Waals surface area contributed by atoms with E-state index in [9.17, 15) is 0 Å². The molecule has 132 valence electrons. The van der Waals surface area contributed by atoms with Crippen LogP contribution in [0.25, 0.3) is 0 Å². The third kappa shape index (κ3) is 5.42. The molecular formula is C15H20Cl2IN5O. The number of hydrogen-bond acceptors (Lipinski definition) is 3. The third-order valence-corrected chi connectivity index (χ3v) is 4.19. The number of nitrogens with one attached hydrogen (secondary N) is 2. The molecule has 0 unspecified atom stereocenters. The highest BCUT2D eigenvalue weighted by atomic mass is 127. The van der Waals surface area contributed by atoms with Crippen molar-refractivity contribution in [3.63, 3.8) is 0 Å². The van der Waals surface area contributed by atoms with Crippen molar-refractivity contribution in [3.8, 4) is 5.88 Å². The number of methoxy groups -OCH3 is 1. The third-order valence-electron chi connectivity index (χ3n) is 3.34. The Hall–Kier alpha value is -1.19. The quantitative estimate of drug-likeness (QED) is 0.389. The lowest BCUT2D eigenvalue weighted by Gasteiger charge is -2.13. The molecule has 0 amide bonds. The van der Waals surface area contributed by atoms with Crippen molar-refractivity contribution in [2.75, 3.05) is 14.2 Å². The topological polar surface area (TPSA) is 63.5 Å². The summed E-state index contributed by atoms with van der Waals surface area (Å²) in [6, 6.07) is 5.62. The van der Waals surface area contributed by atoms with Crippen LogP contribution in [0.5, 0.6) is 5.88 Å². The lowest BCUT2D eigenvalue weighted by atomic mass is 10.2. The van der Waals surface area contributed by atoms with Gasteiger partial charge >= 0.3 is 0 Å². The van der Waals surface area contributed by atoms with Crippen molar-refractivity contribution in [2.45, 2.75) is 13.1 Å². The fourth-order valence-corrected chi connectivity index (χ4v) is 2.43. The molecule has 0 aliphatic rings. The van der Waals surface area contributed by atoms with E-state index in [1.54, 1.807) is 20.4 Å². The maximum Gasteiger partial charge on any atom is 0.213 e. The Kier molecular flexibility index (Phi) is 8.65. The second-order valence-electron chi connectivity index (χ2n) is 4.82. The van der Waals surface area contributed by atoms with E-state index in [2.05, 4.69) is 20.6 Å². The zero-order chi connectivity index (χ0) is 16.8. The van der Waals surface area contributed by atoms with Crippen molar-refractivity contribution < 1.29 is 4.74 Å². The van der Waals surface area contributed by atoms with Crippen LogP contribution in [0.3, 0.4) is 0 Å². The summed E-state index contributed by atoms with van der Waals surface area (Å²) in [5.41, 5.74) is 2.01. The molecule has 0 aromatic carbocycles. The van der Waals surface area contributed by atoms with Crippen LogP contribution >= 0.6 is 47.2 Å². The highest BCUT2D eigenvalue weighted by molar-refractivity contribution is 14.0. The average molecular weight is 484 g/mol. The Bertz CT molecular complexity index is 705. The number of rotatable bonds is 5. The first kappa shape index (κ1) is 20.9. The molecule has 0 saturated carbocycles. The Morgan fingerprint density at radius 1 is 1.29 bits per heavy atom. The maximum atomic E-state index is 6.06. The van der Waals surface area contributed by atoms with Crippen LogP contribution in [0.4, 0.5) is 0 Å². The van der Waals surface area contributed by atoms with E-state index < -0.39 is 0 Å². The number of aromatic nitrogens is 2. The predicted octanol–water partition coefficient (Wildman–Crippen LogP) is 3.22. The van der Waals surface area contributed by atoms with Crippen LogP contribution in [0, 0.1) is 0 Å². The van der Waals surface area contributed by atoms with Gasteiger partial charge in [-0.15, -0.1) is 24.0 Å². The highest BCUT2D eigenvalue weighted by Crippen LogP contribution is 2.24. The molecule has 9 heteroatoms. The molecule has 0 saturated heterocycles. The van der Waals surface area contributed by atoms with Gasteiger partial charge in [-0.05, 0) is 17.7 Å². The van der Waals surface area contributed by atoms with Crippen LogP contribution in [-0.2, 0) is 20.1 Å². The summed E-state index contributed by atoms with van der Waals surface area (Å²) in [5, 5.41) is 7.51. The number of hydrogen-bond donors (Lipinski definition) is 2. The Morgan fingerprint density at radius 2 is 2.00 bits per heavy atom. The van der Waals surface area contributed by atoms with Gasteiger partial charge in [0.15, 0.2) is 5.96 Å². The minimum absolute atomic E-state index is 0. The van der Waals surface area contributed by atoms with Gasteiger partial charge in [-0.25, -0.2) is 4.98 Å². The number of ether oxygens (including phenoxy) is 1. The van der Waals surface area contributed by atoms with Gasteiger partial charge < -0.3 is 19.9 Å². The van der Waals surface area contributed by atoms with Crippen LogP contribution in [-0.4, -0.2) is 29.7 Å². The molecule has 0 fully saturated rings. The zero-order valence-electron chi connectivity index (χ0n) is 13.6. The standard InChI is InChI=1S/C15H19Cl2N5O.HI/c1-18-15(20-8-10-4-5-19-13(6-10)23-3)21-9-11-7-12(16)14(17)22(11)2;/h4-7H,8-9H2,1-3H3,(H2,18,20,21);1H. The highest BCUT2D eigenvalue weighted by Gasteiger charge is 2.09. The first-order valence-corrected chi connectivity index (χ1v) is 7.73. The lowest BCUT2D eigenvalue weighted by Crippen LogP contribution is -2.36. The van der Waals surface area contributed by atoms with Gasteiger partial charge in [0.25, 0.3) is 0 Å². The monoisotopic (exact) mass is 483 g/mol. The minimum Gasteiger partial charge on any atom is -0.481 e. The van der Waals surface area contributed by atoms with Crippen molar-refractivity contribution in [1.29, 1.82) is 0 Å². The summed E-state index contributed by atoms with van der Waals surface area (Å²) in [4.78, 5) is 8.27. The molecule has 0 radical (unpaired) electrons. The van der Waals surface area contributed by atoms with Crippen molar-refractivity contribution in [3.05, 3.63) is 45.8 Å². The lowest BCUT2D eigenvalue weighted by molar-refractivity contribution is 0.397. The molecule has 0 aliphatic heterocycles. The van der Waals surface area contributed by atoms with Gasteiger partial charge in [0.2, 0.25) is 5.88 Å². The van der Waals surface area contributed by atoms with Gasteiger partial charge in [-0.1, -0.05) is 23.2 Å². The zero-order valence-corrected chi connectivity index (χ0v) is 17.5. The van der Waals surface area contributed by atoms with Gasteiger partial charge in [0.05, 0.1) is 18.7 Å². The normalized spacial score (nSPS) is 11.0. The molecule has 2 heterocycles. The van der Waals surface area contributed by atoms with E-state index in [1.165, 1.54) is 0 Å². The van der Waals surface area contributed by atoms with Crippen LogP contribution in [0.2, 0.25) is 10.2 Å². The molecule has 24 heavy (non-hydrogen) atoms. The van der Waals surface area contributed by atoms with Gasteiger partial charge in [0.1, 0.15) is 5.15 Å². The summed E-state index contributed by atoms with van der Waals surface area (Å²) in [7, 11) is 5.17. The Labute approximate surface area is 168 Å². The SMILES string of the molecule is CN=C(NCc1ccnc(OC)c1)NCc1cc(Cl)c(Cl)n1C.I. The summed E-state index contributed by atoms with van der Waals surface area (Å²) in [6.45, 7) is 1.16. The van der Waals surface area contributed by atoms with E-state index in [0.717, 1.165) is 11.3 Å². The van der Waals surface area contributed by atoms with E-state index in [-0.39, 0.29) is 24.0 Å². The summed E-state index contributed by atoms with van der Waals surface area (Å²) in [6.07, 6.45) is 1.71. The number of pyridine rings is 1. The average Bonchev–Trinajstić information content (AvgIpc) is 2.82. The number of guanidine groups is 1. The fraction of sp³-hybridized carbons (Fsp3) is 0.333. The summed E-state index contributed by atoms with van der Waals surface area (Å²) in [5.74, 6) is 1.26. The van der Waals surface area contributed by atoms with Crippen LogP contribution in [0.1, 0.15) is 11.3 Å². The number of halogens is 3. The molecule has 0 bridgehead atoms. The maximum absolute atomic E-state index is 6.06. The smallest absolute Gasteiger partial charge is 0.213 e. The molecule has 2 aromatic rings. The molecule has 6 nitrogen and oxygen atoms in total. The van der Waals surface area contributed by atoms with E-state index >= 15 is 0 Å². The van der Waals surface area contributed by atoms with Gasteiger partial charge in [0, 0.05) is 38.6 Å². The van der Waals surface area contributed by atoms with Gasteiger partial charge in [-0.2, -0.15) is 0 Å². The predicted molar refractivity (Wildman–Crippen MR) is 109 cm³/mol. The Balaban J connectivity index is 0.00000288. The van der Waals surface area contributed by atoms with E-state index in [0.29, 0.717) is 35.1 Å². The first-order valence-electron chi connectivity index (χ1n) is 6.98. The van der Waals surface area contributed by atoms with Crippen molar-refractivity contribution in [1.82, 2.24) is 20.2 Å². The summed E-state index contributed by atoms with van der Waals surface area (Å²) < 4.78 is 6.94. The second-order valence-corrected chi connectivity index (χ2v) is 5.58. The van der Waals surface area contributed by atoms with Crippen LogP contribution < -0.4 is 15.4 Å². The molecule has 2 aromatic heterocycles. The number of aliphatic imine (C=N–C) groups is 1. The molecule has 2 N–H and O–H groups in total. The first-order chi connectivity index (χ1) is 11.0. The van der Waals surface area contributed by atoms with Crippen molar-refractivity contribution >= 4 is 53.1 Å². The van der Waals surface area contributed by atoms with E-state index in [1.807, 2.05) is 29.8 Å². The van der Waals surface area contributed by atoms with Gasteiger partial charge in [-0.3, -0.25) is 4.99 Å². The second kappa shape index (κ2) is 9.95. The largest absolute Gasteiger partial charge is 0.481 e. The molecule has 0 aliphatic carbocycles. The number of nitrogens with zero attached hydrogens (tertiary/aromatic N) is 3. The molecule has 2 rings (SSSR count). The summed E-state index contributed by atoms with van der Waals surface area (Å²) >= 11 is 12.1. The van der Waals surface area contributed by atoms with Crippen molar-refractivity contribution in [2.24, 2.45) is 12.0 Å². The Morgan fingerprint density at radius 3 is 2.58 bits per heavy atom.